The van der Waals surface area contributed by atoms with Gasteiger partial charge in [0.1, 0.15) is 4.70 Å². The maximum Gasteiger partial charge on any atom is 0.265 e. The maximum absolute atomic E-state index is 11.4. The largest absolute Gasteiger partial charge is 0.328 e. The molecule has 2 aromatic heterocycles. The molecule has 0 unspecified atom stereocenters. The third-order valence-corrected chi connectivity index (χ3v) is 3.49. The first-order valence-electron chi connectivity index (χ1n) is 3.72. The first-order chi connectivity index (χ1) is 6.22. The van der Waals surface area contributed by atoms with Gasteiger partial charge in [-0.25, -0.2) is 0 Å². The fourth-order valence-electron chi connectivity index (χ4n) is 1.23. The summed E-state index contributed by atoms with van der Waals surface area (Å²) < 4.78 is 1.68. The molecule has 2 aromatic rings. The van der Waals surface area contributed by atoms with E-state index in [4.69, 9.17) is 5.73 Å². The van der Waals surface area contributed by atoms with Crippen molar-refractivity contribution in [2.45, 2.75) is 6.54 Å². The molecule has 0 fully saturated rings. The van der Waals surface area contributed by atoms with Crippen molar-refractivity contribution in [2.24, 2.45) is 5.73 Å². The molecule has 0 aliphatic carbocycles. The van der Waals surface area contributed by atoms with Crippen LogP contribution in [0.5, 0.6) is 0 Å². The highest BCUT2D eigenvalue weighted by molar-refractivity contribution is 9.11. The van der Waals surface area contributed by atoms with Crippen LogP contribution < -0.4 is 11.3 Å². The van der Waals surface area contributed by atoms with E-state index in [0.29, 0.717) is 6.54 Å². The standard InChI is InChI=1S/C8H7BrN2OS/c9-6-1-5-4(2-10)3-11-8(12)7(5)13-6/h1,3H,2,10H2,(H,11,12). The molecule has 3 nitrogen and oxygen atoms in total. The van der Waals surface area contributed by atoms with Gasteiger partial charge in [-0.05, 0) is 27.6 Å². The van der Waals surface area contributed by atoms with Crippen LogP contribution in [-0.4, -0.2) is 4.98 Å². The minimum atomic E-state index is -0.0529. The second kappa shape index (κ2) is 3.25. The van der Waals surface area contributed by atoms with E-state index in [-0.39, 0.29) is 5.56 Å². The van der Waals surface area contributed by atoms with E-state index in [0.717, 1.165) is 19.4 Å². The molecule has 5 heteroatoms. The molecule has 13 heavy (non-hydrogen) atoms. The van der Waals surface area contributed by atoms with Gasteiger partial charge in [-0.2, -0.15) is 0 Å². The zero-order valence-electron chi connectivity index (χ0n) is 6.63. The Labute approximate surface area is 86.7 Å². The molecule has 2 rings (SSSR count). The minimum Gasteiger partial charge on any atom is -0.328 e. The van der Waals surface area contributed by atoms with Gasteiger partial charge in [-0.3, -0.25) is 4.79 Å². The van der Waals surface area contributed by atoms with Gasteiger partial charge in [0.25, 0.3) is 5.56 Å². The molecule has 3 N–H and O–H groups in total. The van der Waals surface area contributed by atoms with Gasteiger partial charge in [-0.1, -0.05) is 0 Å². The highest BCUT2D eigenvalue weighted by atomic mass is 79.9. The van der Waals surface area contributed by atoms with Crippen molar-refractivity contribution < 1.29 is 0 Å². The molecule has 0 atom stereocenters. The summed E-state index contributed by atoms with van der Waals surface area (Å²) in [7, 11) is 0. The number of halogens is 1. The van der Waals surface area contributed by atoms with Gasteiger partial charge in [0.15, 0.2) is 0 Å². The van der Waals surface area contributed by atoms with Gasteiger partial charge in [-0.15, -0.1) is 11.3 Å². The van der Waals surface area contributed by atoms with Crippen molar-refractivity contribution in [3.8, 4) is 0 Å². The van der Waals surface area contributed by atoms with Crippen molar-refractivity contribution >= 4 is 37.4 Å². The number of nitrogens with one attached hydrogen (secondary N) is 1. The number of thiophene rings is 1. The molecule has 68 valence electrons. The number of H-pyrrole nitrogens is 1. The van der Waals surface area contributed by atoms with E-state index >= 15 is 0 Å². The van der Waals surface area contributed by atoms with Crippen molar-refractivity contribution in [2.75, 3.05) is 0 Å². The zero-order chi connectivity index (χ0) is 9.42. The van der Waals surface area contributed by atoms with Crippen LogP contribution in [0.25, 0.3) is 10.1 Å². The highest BCUT2D eigenvalue weighted by Gasteiger charge is 2.06. The summed E-state index contributed by atoms with van der Waals surface area (Å²) in [4.78, 5) is 14.0. The van der Waals surface area contributed by atoms with Gasteiger partial charge in [0, 0.05) is 18.1 Å². The van der Waals surface area contributed by atoms with Crippen LogP contribution in [0.3, 0.4) is 0 Å². The van der Waals surface area contributed by atoms with Crippen molar-refractivity contribution in [3.05, 3.63) is 32.0 Å². The van der Waals surface area contributed by atoms with Gasteiger partial charge in [0.05, 0.1) is 3.79 Å². The lowest BCUT2D eigenvalue weighted by Gasteiger charge is -1.96. The molecule has 0 spiro atoms. The molecule has 0 saturated heterocycles. The first kappa shape index (κ1) is 8.93. The quantitative estimate of drug-likeness (QED) is 0.820. The number of aromatic amines is 1. The molecular formula is C8H7BrN2OS. The fraction of sp³-hybridized carbons (Fsp3) is 0.125. The lowest BCUT2D eigenvalue weighted by atomic mass is 10.2. The van der Waals surface area contributed by atoms with E-state index < -0.39 is 0 Å². The summed E-state index contributed by atoms with van der Waals surface area (Å²) in [6.07, 6.45) is 1.67. The summed E-state index contributed by atoms with van der Waals surface area (Å²) >= 11 is 4.77. The van der Waals surface area contributed by atoms with E-state index in [1.54, 1.807) is 6.20 Å². The number of hydrogen-bond acceptors (Lipinski definition) is 3. The number of fused-ring (bicyclic) bond motifs is 1. The minimum absolute atomic E-state index is 0.0529. The van der Waals surface area contributed by atoms with Crippen molar-refractivity contribution in [3.63, 3.8) is 0 Å². The van der Waals surface area contributed by atoms with Gasteiger partial charge < -0.3 is 10.7 Å². The third kappa shape index (κ3) is 1.43. The van der Waals surface area contributed by atoms with Crippen LogP contribution in [0.15, 0.2) is 20.8 Å². The van der Waals surface area contributed by atoms with Crippen molar-refractivity contribution in [1.82, 2.24) is 4.98 Å². The molecular weight excluding hydrogens is 252 g/mol. The number of pyridine rings is 1. The van der Waals surface area contributed by atoms with Crippen LogP contribution in [0.4, 0.5) is 0 Å². The van der Waals surface area contributed by atoms with Crippen molar-refractivity contribution in [1.29, 1.82) is 0 Å². The molecule has 0 aromatic carbocycles. The number of hydrogen-bond donors (Lipinski definition) is 2. The monoisotopic (exact) mass is 258 g/mol. The summed E-state index contributed by atoms with van der Waals surface area (Å²) in [6, 6.07) is 1.93. The van der Waals surface area contributed by atoms with Gasteiger partial charge in [0.2, 0.25) is 0 Å². The Hall–Kier alpha value is -0.650. The lowest BCUT2D eigenvalue weighted by molar-refractivity contribution is 1.06. The Balaban J connectivity index is 2.92. The average molecular weight is 259 g/mol. The average Bonchev–Trinajstić information content (AvgIpc) is 2.48. The second-order valence-corrected chi connectivity index (χ2v) is 5.07. The van der Waals surface area contributed by atoms with E-state index in [9.17, 15) is 4.79 Å². The van der Waals surface area contributed by atoms with E-state index in [1.165, 1.54) is 11.3 Å². The summed E-state index contributed by atoms with van der Waals surface area (Å²) in [5.74, 6) is 0. The molecule has 2 heterocycles. The van der Waals surface area contributed by atoms with E-state index in [1.807, 2.05) is 6.07 Å². The molecule has 0 amide bonds. The topological polar surface area (TPSA) is 58.9 Å². The van der Waals surface area contributed by atoms with Crippen LogP contribution in [0, 0.1) is 0 Å². The Morgan fingerprint density at radius 2 is 2.38 bits per heavy atom. The van der Waals surface area contributed by atoms with Gasteiger partial charge >= 0.3 is 0 Å². The Morgan fingerprint density at radius 3 is 3.08 bits per heavy atom. The van der Waals surface area contributed by atoms with Crippen LogP contribution in [-0.2, 0) is 6.54 Å². The maximum atomic E-state index is 11.4. The normalized spacial score (nSPS) is 10.9. The predicted octanol–water partition coefficient (Wildman–Crippen LogP) is 1.81. The molecule has 0 radical (unpaired) electrons. The Kier molecular flexibility index (Phi) is 2.23. The second-order valence-electron chi connectivity index (χ2n) is 2.64. The predicted molar refractivity (Wildman–Crippen MR) is 58.0 cm³/mol. The SMILES string of the molecule is NCc1c[nH]c(=O)c2sc(Br)cc12. The summed E-state index contributed by atoms with van der Waals surface area (Å²) in [5, 5.41) is 0.947. The molecule has 0 aliphatic rings. The zero-order valence-corrected chi connectivity index (χ0v) is 9.04. The molecule has 0 aliphatic heterocycles. The first-order valence-corrected chi connectivity index (χ1v) is 5.33. The smallest absolute Gasteiger partial charge is 0.265 e. The number of aromatic nitrogens is 1. The number of nitrogens with two attached hydrogens (primary N) is 1. The fourth-order valence-corrected chi connectivity index (χ4v) is 2.77. The van der Waals surface area contributed by atoms with Crippen LogP contribution >= 0.6 is 27.3 Å². The number of rotatable bonds is 1. The molecule has 0 bridgehead atoms. The lowest BCUT2D eigenvalue weighted by Crippen LogP contribution is -2.07. The Bertz CT molecular complexity index is 502. The highest BCUT2D eigenvalue weighted by Crippen LogP contribution is 2.28. The molecule has 0 saturated carbocycles. The Morgan fingerprint density at radius 1 is 1.62 bits per heavy atom. The van der Waals surface area contributed by atoms with Crippen LogP contribution in [0.1, 0.15) is 5.56 Å². The van der Waals surface area contributed by atoms with E-state index in [2.05, 4.69) is 20.9 Å². The summed E-state index contributed by atoms with van der Waals surface area (Å²) in [5.41, 5.74) is 6.46. The van der Waals surface area contributed by atoms with Crippen LogP contribution in [0.2, 0.25) is 0 Å². The third-order valence-electron chi connectivity index (χ3n) is 1.85. The summed E-state index contributed by atoms with van der Waals surface area (Å²) in [6.45, 7) is 0.441.